The van der Waals surface area contributed by atoms with Crippen molar-refractivity contribution in [2.24, 2.45) is 5.92 Å². The molecule has 2 aliphatic rings. The van der Waals surface area contributed by atoms with E-state index in [1.165, 1.54) is 58.0 Å². The smallest absolute Gasteiger partial charge is 0.0489 e. The van der Waals surface area contributed by atoms with E-state index < -0.39 is 0 Å². The van der Waals surface area contributed by atoms with Crippen molar-refractivity contribution in [1.82, 2.24) is 20.0 Å². The SMILES string of the molecule is CC1CCCC(N2CCC(NCCCn3cccn3)CC2)C1. The maximum atomic E-state index is 4.25. The van der Waals surface area contributed by atoms with Gasteiger partial charge in [-0.2, -0.15) is 5.10 Å². The van der Waals surface area contributed by atoms with E-state index in [1.54, 1.807) is 0 Å². The minimum Gasteiger partial charge on any atom is -0.314 e. The van der Waals surface area contributed by atoms with Crippen LogP contribution in [0.25, 0.3) is 0 Å². The third-order valence-electron chi connectivity index (χ3n) is 5.51. The van der Waals surface area contributed by atoms with Crippen molar-refractivity contribution in [2.75, 3.05) is 19.6 Å². The van der Waals surface area contributed by atoms with Crippen molar-refractivity contribution < 1.29 is 0 Å². The molecule has 1 saturated heterocycles. The van der Waals surface area contributed by atoms with Crippen molar-refractivity contribution >= 4 is 0 Å². The lowest BCUT2D eigenvalue weighted by Gasteiger charge is -2.41. The Morgan fingerprint density at radius 1 is 1.18 bits per heavy atom. The van der Waals surface area contributed by atoms with Crippen LogP contribution in [0.4, 0.5) is 0 Å². The Morgan fingerprint density at radius 2 is 2.05 bits per heavy atom. The number of piperidine rings is 1. The highest BCUT2D eigenvalue weighted by molar-refractivity contribution is 4.84. The summed E-state index contributed by atoms with van der Waals surface area (Å²) in [6.45, 7) is 7.17. The third-order valence-corrected chi connectivity index (χ3v) is 5.51. The molecular weight excluding hydrogens is 272 g/mol. The van der Waals surface area contributed by atoms with Crippen LogP contribution in [0, 0.1) is 5.92 Å². The van der Waals surface area contributed by atoms with E-state index in [0.717, 1.165) is 31.1 Å². The zero-order valence-corrected chi connectivity index (χ0v) is 14.1. The van der Waals surface area contributed by atoms with Gasteiger partial charge in [0.1, 0.15) is 0 Å². The number of nitrogens with zero attached hydrogens (tertiary/aromatic N) is 3. The standard InChI is InChI=1S/C18H32N4/c1-16-5-2-6-18(15-16)21-13-7-17(8-14-21)19-9-3-11-22-12-4-10-20-22/h4,10,12,16-19H,2-3,5-9,11,13-15H2,1H3. The number of nitrogens with one attached hydrogen (secondary N) is 1. The van der Waals surface area contributed by atoms with Crippen LogP contribution in [0.3, 0.4) is 0 Å². The van der Waals surface area contributed by atoms with Gasteiger partial charge in [0.25, 0.3) is 0 Å². The van der Waals surface area contributed by atoms with Gasteiger partial charge in [-0.1, -0.05) is 19.8 Å². The number of hydrogen-bond donors (Lipinski definition) is 1. The van der Waals surface area contributed by atoms with Crippen LogP contribution in [0.15, 0.2) is 18.5 Å². The molecule has 0 aromatic carbocycles. The van der Waals surface area contributed by atoms with Crippen LogP contribution >= 0.6 is 0 Å². The highest BCUT2D eigenvalue weighted by Gasteiger charge is 2.27. The molecule has 0 bridgehead atoms. The summed E-state index contributed by atoms with van der Waals surface area (Å²) >= 11 is 0. The van der Waals surface area contributed by atoms with Gasteiger partial charge in [-0.15, -0.1) is 0 Å². The second-order valence-corrected chi connectivity index (χ2v) is 7.31. The van der Waals surface area contributed by atoms with Crippen LogP contribution in [-0.2, 0) is 6.54 Å². The van der Waals surface area contributed by atoms with Crippen molar-refractivity contribution in [1.29, 1.82) is 0 Å². The number of aromatic nitrogens is 2. The molecule has 0 amide bonds. The molecule has 1 aliphatic heterocycles. The molecule has 2 heterocycles. The van der Waals surface area contributed by atoms with Gasteiger partial charge < -0.3 is 10.2 Å². The van der Waals surface area contributed by atoms with Gasteiger partial charge in [0, 0.05) is 31.0 Å². The maximum Gasteiger partial charge on any atom is 0.0489 e. The van der Waals surface area contributed by atoms with Gasteiger partial charge in [-0.3, -0.25) is 4.68 Å². The Hall–Kier alpha value is -0.870. The van der Waals surface area contributed by atoms with Gasteiger partial charge in [-0.25, -0.2) is 0 Å². The zero-order chi connectivity index (χ0) is 15.2. The molecule has 4 nitrogen and oxygen atoms in total. The zero-order valence-electron chi connectivity index (χ0n) is 14.1. The van der Waals surface area contributed by atoms with Crippen LogP contribution in [0.5, 0.6) is 0 Å². The van der Waals surface area contributed by atoms with E-state index in [2.05, 4.69) is 22.2 Å². The molecule has 1 aromatic heterocycles. The number of aryl methyl sites for hydroxylation is 1. The van der Waals surface area contributed by atoms with Gasteiger partial charge in [0.2, 0.25) is 0 Å². The summed E-state index contributed by atoms with van der Waals surface area (Å²) in [5, 5.41) is 8.00. The minimum atomic E-state index is 0.731. The summed E-state index contributed by atoms with van der Waals surface area (Å²) in [4.78, 5) is 2.78. The van der Waals surface area contributed by atoms with E-state index >= 15 is 0 Å². The molecule has 1 N–H and O–H groups in total. The number of hydrogen-bond acceptors (Lipinski definition) is 3. The van der Waals surface area contributed by atoms with E-state index in [4.69, 9.17) is 0 Å². The summed E-state index contributed by atoms with van der Waals surface area (Å²) in [6.07, 6.45) is 13.5. The predicted octanol–water partition coefficient (Wildman–Crippen LogP) is 2.91. The maximum absolute atomic E-state index is 4.25. The molecule has 124 valence electrons. The van der Waals surface area contributed by atoms with Gasteiger partial charge in [0.05, 0.1) is 0 Å². The fourth-order valence-corrected chi connectivity index (χ4v) is 4.18. The first-order valence-electron chi connectivity index (χ1n) is 9.26. The molecule has 2 unspecified atom stereocenters. The Balaban J connectivity index is 1.30. The third kappa shape index (κ3) is 4.56. The predicted molar refractivity (Wildman–Crippen MR) is 90.9 cm³/mol. The van der Waals surface area contributed by atoms with Crippen LogP contribution in [-0.4, -0.2) is 46.4 Å². The van der Waals surface area contributed by atoms with E-state index in [0.29, 0.717) is 0 Å². The highest BCUT2D eigenvalue weighted by Crippen LogP contribution is 2.29. The van der Waals surface area contributed by atoms with Crippen LogP contribution in [0.2, 0.25) is 0 Å². The molecular formula is C18H32N4. The molecule has 2 atom stereocenters. The molecule has 0 radical (unpaired) electrons. The normalized spacial score (nSPS) is 28.0. The Morgan fingerprint density at radius 3 is 2.77 bits per heavy atom. The van der Waals surface area contributed by atoms with Crippen molar-refractivity contribution in [3.63, 3.8) is 0 Å². The van der Waals surface area contributed by atoms with Gasteiger partial charge in [-0.05, 0) is 63.7 Å². The van der Waals surface area contributed by atoms with Crippen LogP contribution < -0.4 is 5.32 Å². The molecule has 1 saturated carbocycles. The summed E-state index contributed by atoms with van der Waals surface area (Å²) in [5.74, 6) is 0.942. The largest absolute Gasteiger partial charge is 0.314 e. The minimum absolute atomic E-state index is 0.731. The Labute approximate surface area is 135 Å². The molecule has 1 aliphatic carbocycles. The quantitative estimate of drug-likeness (QED) is 0.820. The molecule has 4 heteroatoms. The highest BCUT2D eigenvalue weighted by atomic mass is 15.3. The lowest BCUT2D eigenvalue weighted by Crippen LogP contribution is -2.48. The number of likely N-dealkylation sites (tertiary alicyclic amines) is 1. The average Bonchev–Trinajstić information content (AvgIpc) is 3.06. The first-order chi connectivity index (χ1) is 10.8. The van der Waals surface area contributed by atoms with Crippen molar-refractivity contribution in [2.45, 2.75) is 70.5 Å². The van der Waals surface area contributed by atoms with Gasteiger partial charge >= 0.3 is 0 Å². The van der Waals surface area contributed by atoms with Crippen LogP contribution in [0.1, 0.15) is 51.9 Å². The van der Waals surface area contributed by atoms with Crippen molar-refractivity contribution in [3.05, 3.63) is 18.5 Å². The summed E-state index contributed by atoms with van der Waals surface area (Å²) < 4.78 is 2.02. The summed E-state index contributed by atoms with van der Waals surface area (Å²) in [5.41, 5.74) is 0. The Kier molecular flexibility index (Phi) is 5.90. The average molecular weight is 304 g/mol. The fraction of sp³-hybridized carbons (Fsp3) is 0.833. The first kappa shape index (κ1) is 16.0. The monoisotopic (exact) mass is 304 g/mol. The first-order valence-corrected chi connectivity index (χ1v) is 9.26. The Bertz CT molecular complexity index is 409. The molecule has 1 aromatic rings. The summed E-state index contributed by atoms with van der Waals surface area (Å²) in [7, 11) is 0. The molecule has 22 heavy (non-hydrogen) atoms. The summed E-state index contributed by atoms with van der Waals surface area (Å²) in [6, 6.07) is 3.61. The lowest BCUT2D eigenvalue weighted by atomic mass is 9.85. The van der Waals surface area contributed by atoms with Crippen molar-refractivity contribution in [3.8, 4) is 0 Å². The van der Waals surface area contributed by atoms with E-state index in [9.17, 15) is 0 Å². The molecule has 2 fully saturated rings. The molecule has 3 rings (SSSR count). The topological polar surface area (TPSA) is 33.1 Å². The molecule has 0 spiro atoms. The second-order valence-electron chi connectivity index (χ2n) is 7.31. The lowest BCUT2D eigenvalue weighted by molar-refractivity contribution is 0.100. The van der Waals surface area contributed by atoms with Gasteiger partial charge in [0.15, 0.2) is 0 Å². The van der Waals surface area contributed by atoms with E-state index in [-0.39, 0.29) is 0 Å². The van der Waals surface area contributed by atoms with E-state index in [1.807, 2.05) is 23.1 Å². The fourth-order valence-electron chi connectivity index (χ4n) is 4.18. The number of rotatable bonds is 6. The second kappa shape index (κ2) is 8.11.